The van der Waals surface area contributed by atoms with Crippen LogP contribution in [0.1, 0.15) is 25.8 Å². The lowest BCUT2D eigenvalue weighted by Gasteiger charge is -2.26. The van der Waals surface area contributed by atoms with Crippen LogP contribution in [0, 0.1) is 0 Å². The van der Waals surface area contributed by atoms with Crippen molar-refractivity contribution in [2.75, 3.05) is 0 Å². The van der Waals surface area contributed by atoms with Gasteiger partial charge in [-0.3, -0.25) is 9.59 Å². The van der Waals surface area contributed by atoms with Crippen molar-refractivity contribution in [3.63, 3.8) is 0 Å². The standard InChI is InChI=1S/C18H16N2O2/c1-18(2,15-4-3-7-19-17(15)22)20-16(21)12-6-5-11-13-8-10(13)9-14(11)12/h3-7,9H,8H2,1-2H3,(H,19,22)(H,20,21). The van der Waals surface area contributed by atoms with Crippen molar-refractivity contribution in [3.05, 3.63) is 80.3 Å². The minimum Gasteiger partial charge on any atom is -0.343 e. The fraction of sp³-hybridized carbons (Fsp3) is 0.222. The second-order valence-corrected chi connectivity index (χ2v) is 6.39. The Morgan fingerprint density at radius 2 is 2.09 bits per heavy atom. The van der Waals surface area contributed by atoms with Gasteiger partial charge in [-0.1, -0.05) is 6.08 Å². The first-order valence-electron chi connectivity index (χ1n) is 7.35. The molecular weight excluding hydrogens is 276 g/mol. The van der Waals surface area contributed by atoms with Crippen LogP contribution in [0.5, 0.6) is 0 Å². The van der Waals surface area contributed by atoms with Crippen molar-refractivity contribution in [3.8, 4) is 0 Å². The van der Waals surface area contributed by atoms with Crippen molar-refractivity contribution < 1.29 is 4.79 Å². The van der Waals surface area contributed by atoms with Crippen LogP contribution in [-0.2, 0) is 10.3 Å². The average Bonchev–Trinajstić information content (AvgIpc) is 2.93. The molecule has 0 radical (unpaired) electrons. The molecule has 1 amide bonds. The van der Waals surface area contributed by atoms with E-state index in [-0.39, 0.29) is 11.5 Å². The predicted molar refractivity (Wildman–Crippen MR) is 84.1 cm³/mol. The van der Waals surface area contributed by atoms with Crippen LogP contribution in [0.25, 0.3) is 0 Å². The van der Waals surface area contributed by atoms with Gasteiger partial charge < -0.3 is 10.3 Å². The Bertz CT molecular complexity index is 892. The summed E-state index contributed by atoms with van der Waals surface area (Å²) in [5.41, 5.74) is 5.23. The van der Waals surface area contributed by atoms with E-state index in [1.165, 1.54) is 16.7 Å². The van der Waals surface area contributed by atoms with E-state index in [1.54, 1.807) is 18.3 Å². The lowest BCUT2D eigenvalue weighted by molar-refractivity contribution is -0.118. The second kappa shape index (κ2) is 4.19. The molecule has 4 heteroatoms. The summed E-state index contributed by atoms with van der Waals surface area (Å²) >= 11 is 0. The summed E-state index contributed by atoms with van der Waals surface area (Å²) in [5.74, 6) is -0.145. The Morgan fingerprint density at radius 3 is 2.86 bits per heavy atom. The van der Waals surface area contributed by atoms with Crippen molar-refractivity contribution in [2.24, 2.45) is 0 Å². The van der Waals surface area contributed by atoms with Crippen LogP contribution in [0.3, 0.4) is 0 Å². The zero-order valence-electron chi connectivity index (χ0n) is 12.5. The molecule has 4 nitrogen and oxygen atoms in total. The molecule has 0 atom stereocenters. The average molecular weight is 292 g/mol. The molecule has 3 aliphatic carbocycles. The predicted octanol–water partition coefficient (Wildman–Crippen LogP) is 2.23. The molecule has 0 aromatic carbocycles. The first kappa shape index (κ1) is 13.1. The fourth-order valence-electron chi connectivity index (χ4n) is 3.17. The molecule has 110 valence electrons. The minimum absolute atomic E-state index is 0.145. The molecule has 4 rings (SSSR count). The van der Waals surface area contributed by atoms with Crippen molar-refractivity contribution in [2.45, 2.75) is 25.8 Å². The Labute approximate surface area is 127 Å². The summed E-state index contributed by atoms with van der Waals surface area (Å²) in [6.07, 6.45) is 8.62. The van der Waals surface area contributed by atoms with Gasteiger partial charge >= 0.3 is 0 Å². The third-order valence-electron chi connectivity index (χ3n) is 4.43. The van der Waals surface area contributed by atoms with E-state index in [1.807, 2.05) is 26.0 Å². The Kier molecular flexibility index (Phi) is 2.49. The van der Waals surface area contributed by atoms with E-state index in [0.717, 1.165) is 12.0 Å². The van der Waals surface area contributed by atoms with Gasteiger partial charge in [0.2, 0.25) is 0 Å². The summed E-state index contributed by atoms with van der Waals surface area (Å²) in [5, 5.41) is 2.98. The highest BCUT2D eigenvalue weighted by molar-refractivity contribution is 6.02. The molecule has 0 unspecified atom stereocenters. The van der Waals surface area contributed by atoms with E-state index in [4.69, 9.17) is 0 Å². The van der Waals surface area contributed by atoms with E-state index in [2.05, 4.69) is 16.4 Å². The highest BCUT2D eigenvalue weighted by Crippen LogP contribution is 2.51. The molecule has 3 aliphatic rings. The van der Waals surface area contributed by atoms with E-state index >= 15 is 0 Å². The molecule has 0 aliphatic heterocycles. The smallest absolute Gasteiger partial charge is 0.253 e. The number of hydrogen-bond acceptors (Lipinski definition) is 2. The quantitative estimate of drug-likeness (QED) is 0.897. The number of hydrogen-bond donors (Lipinski definition) is 2. The molecule has 0 saturated heterocycles. The number of fused-ring (bicyclic) bond motifs is 2. The number of rotatable bonds is 3. The van der Waals surface area contributed by atoms with Gasteiger partial charge in [-0.2, -0.15) is 0 Å². The van der Waals surface area contributed by atoms with Gasteiger partial charge in [0, 0.05) is 17.3 Å². The lowest BCUT2D eigenvalue weighted by Crippen LogP contribution is -2.44. The molecule has 0 spiro atoms. The van der Waals surface area contributed by atoms with Crippen LogP contribution in [0.2, 0.25) is 0 Å². The van der Waals surface area contributed by atoms with Gasteiger partial charge in [-0.25, -0.2) is 0 Å². The minimum atomic E-state index is -0.738. The normalized spacial score (nSPS) is 18.4. The fourth-order valence-corrected chi connectivity index (χ4v) is 3.17. The Hall–Kier alpha value is -2.62. The number of pyridine rings is 1. The van der Waals surface area contributed by atoms with Crippen LogP contribution in [0.4, 0.5) is 0 Å². The maximum Gasteiger partial charge on any atom is 0.253 e. The zero-order chi connectivity index (χ0) is 15.5. The summed E-state index contributed by atoms with van der Waals surface area (Å²) in [6.45, 7) is 3.67. The van der Waals surface area contributed by atoms with Crippen molar-refractivity contribution >= 4 is 5.91 Å². The highest BCUT2D eigenvalue weighted by Gasteiger charge is 2.36. The summed E-state index contributed by atoms with van der Waals surface area (Å²) < 4.78 is 0. The van der Waals surface area contributed by atoms with Crippen LogP contribution >= 0.6 is 0 Å². The van der Waals surface area contributed by atoms with Crippen LogP contribution < -0.4 is 10.9 Å². The molecule has 2 N–H and O–H groups in total. The number of carbonyl (C=O) groups excluding carboxylic acids is 1. The third kappa shape index (κ3) is 1.84. The molecule has 1 fully saturated rings. The second-order valence-electron chi connectivity index (χ2n) is 6.39. The maximum absolute atomic E-state index is 12.6. The number of nitrogens with one attached hydrogen (secondary N) is 2. The van der Waals surface area contributed by atoms with Gasteiger partial charge in [0.15, 0.2) is 0 Å². The van der Waals surface area contributed by atoms with Crippen molar-refractivity contribution in [1.82, 2.24) is 10.3 Å². The maximum atomic E-state index is 12.6. The lowest BCUT2D eigenvalue weighted by atomic mass is 9.95. The molecule has 1 heterocycles. The SMILES string of the molecule is CC(C)(NC(=O)C1=C2C=C3CC3=C2C=C1)c1ccc[nH]c1=O. The molecule has 1 saturated carbocycles. The first-order valence-corrected chi connectivity index (χ1v) is 7.35. The Balaban J connectivity index is 1.64. The third-order valence-corrected chi connectivity index (χ3v) is 4.43. The van der Waals surface area contributed by atoms with E-state index in [9.17, 15) is 9.59 Å². The van der Waals surface area contributed by atoms with Crippen molar-refractivity contribution in [1.29, 1.82) is 0 Å². The first-order chi connectivity index (χ1) is 10.5. The number of H-pyrrole nitrogens is 1. The number of allylic oxidation sites excluding steroid dienone is 6. The van der Waals surface area contributed by atoms with Crippen LogP contribution in [-0.4, -0.2) is 10.9 Å². The Morgan fingerprint density at radius 1 is 1.27 bits per heavy atom. The zero-order valence-corrected chi connectivity index (χ0v) is 12.5. The van der Waals surface area contributed by atoms with Gasteiger partial charge in [0.05, 0.1) is 5.54 Å². The summed E-state index contributed by atoms with van der Waals surface area (Å²) in [6, 6.07) is 3.50. The summed E-state index contributed by atoms with van der Waals surface area (Å²) in [7, 11) is 0. The molecule has 0 bridgehead atoms. The number of aromatic amines is 1. The van der Waals surface area contributed by atoms with Gasteiger partial charge in [0.1, 0.15) is 0 Å². The molecule has 1 aromatic heterocycles. The number of carbonyl (C=O) groups is 1. The largest absolute Gasteiger partial charge is 0.343 e. The highest BCUT2D eigenvalue weighted by atomic mass is 16.2. The number of aromatic nitrogens is 1. The van der Waals surface area contributed by atoms with Crippen LogP contribution in [0.15, 0.2) is 69.2 Å². The topological polar surface area (TPSA) is 62.0 Å². The number of amides is 1. The van der Waals surface area contributed by atoms with E-state index in [0.29, 0.717) is 11.1 Å². The monoisotopic (exact) mass is 292 g/mol. The van der Waals surface area contributed by atoms with E-state index < -0.39 is 5.54 Å². The van der Waals surface area contributed by atoms with Gasteiger partial charge in [0.25, 0.3) is 11.5 Å². The molecular formula is C18H16N2O2. The molecule has 22 heavy (non-hydrogen) atoms. The molecule has 1 aromatic rings. The summed E-state index contributed by atoms with van der Waals surface area (Å²) in [4.78, 5) is 27.2. The van der Waals surface area contributed by atoms with Gasteiger partial charge in [-0.15, -0.1) is 0 Å². The van der Waals surface area contributed by atoms with Gasteiger partial charge in [-0.05, 0) is 66.8 Å².